The van der Waals surface area contributed by atoms with Crippen molar-refractivity contribution in [1.29, 1.82) is 0 Å². The highest BCUT2D eigenvalue weighted by Gasteiger charge is 2.36. The molecular weight excluding hydrogens is 763 g/mol. The number of benzene rings is 8. The summed E-state index contributed by atoms with van der Waals surface area (Å²) in [5, 5.41) is 2.61. The van der Waals surface area contributed by atoms with E-state index in [4.69, 9.17) is 9.97 Å². The number of hydrogen-bond donors (Lipinski definition) is 0. The predicted octanol–water partition coefficient (Wildman–Crippen LogP) is 15.8. The zero-order valence-electron chi connectivity index (χ0n) is 35.9. The van der Waals surface area contributed by atoms with Crippen molar-refractivity contribution in [3.8, 4) is 61.8 Å². The zero-order chi connectivity index (χ0) is 42.3. The zero-order valence-corrected chi connectivity index (χ0v) is 35.9. The van der Waals surface area contributed by atoms with Crippen molar-refractivity contribution in [2.75, 3.05) is 0 Å². The van der Waals surface area contributed by atoms with E-state index in [1.165, 1.54) is 91.3 Å². The van der Waals surface area contributed by atoms with E-state index >= 15 is 0 Å². The van der Waals surface area contributed by atoms with E-state index in [9.17, 15) is 0 Å². The second kappa shape index (κ2) is 16.2. The van der Waals surface area contributed by atoms with E-state index in [2.05, 4.69) is 213 Å². The maximum absolute atomic E-state index is 5.20. The normalized spacial score (nSPS) is 13.7. The van der Waals surface area contributed by atoms with E-state index in [1.54, 1.807) is 0 Å². The number of aromatic nitrogens is 3. The molecule has 0 aliphatic heterocycles. The van der Waals surface area contributed by atoms with Gasteiger partial charge in [-0.3, -0.25) is 0 Å². The molecule has 0 bridgehead atoms. The molecule has 63 heavy (non-hydrogen) atoms. The average molecular weight is 812 g/mol. The van der Waals surface area contributed by atoms with Gasteiger partial charge >= 0.3 is 0 Å². The number of fused-ring (bicyclic) bond motifs is 3. The lowest BCUT2D eigenvalue weighted by atomic mass is 9.65. The molecular formula is C60H49N3. The molecule has 3 nitrogen and oxygen atoms in total. The topological polar surface area (TPSA) is 30.7 Å². The fraction of sp³-hybridized carbons (Fsp3) is 0.133. The van der Waals surface area contributed by atoms with E-state index in [1.807, 2.05) is 6.07 Å². The van der Waals surface area contributed by atoms with Crippen molar-refractivity contribution < 1.29 is 0 Å². The maximum atomic E-state index is 5.20. The summed E-state index contributed by atoms with van der Waals surface area (Å²) in [5.74, 6) is 0.727. The smallest absolute Gasteiger partial charge is 0.160 e. The van der Waals surface area contributed by atoms with Gasteiger partial charge in [-0.1, -0.05) is 182 Å². The van der Waals surface area contributed by atoms with Crippen LogP contribution >= 0.6 is 0 Å². The van der Waals surface area contributed by atoms with Crippen molar-refractivity contribution in [1.82, 2.24) is 14.5 Å². The lowest BCUT2D eigenvalue weighted by Gasteiger charge is -2.39. The number of aryl methyl sites for hydroxylation is 2. The van der Waals surface area contributed by atoms with Crippen LogP contribution in [-0.4, -0.2) is 14.5 Å². The van der Waals surface area contributed by atoms with Gasteiger partial charge in [0.25, 0.3) is 0 Å². The minimum Gasteiger partial charge on any atom is -0.309 e. The van der Waals surface area contributed by atoms with E-state index < -0.39 is 0 Å². The lowest BCUT2D eigenvalue weighted by Crippen LogP contribution is -2.30. The summed E-state index contributed by atoms with van der Waals surface area (Å²) in [7, 11) is 0. The molecule has 0 amide bonds. The number of hydrogen-bond acceptors (Lipinski definition) is 2. The van der Waals surface area contributed by atoms with Gasteiger partial charge in [0.2, 0.25) is 0 Å². The Hall–Kier alpha value is -7.36. The van der Waals surface area contributed by atoms with Crippen LogP contribution in [-0.2, 0) is 5.41 Å². The SMILES string of the molecule is Cc1ccc2c(c1)c1cc(C)ccc1n2-c1cccc(-c2cccc(C3(c4ccc(-c5cc(-c6cccc(-c7ccccc7)c6)nc(-c6ccccc6)n5)cc4)CCCCC3)c2)c1. The second-order valence-corrected chi connectivity index (χ2v) is 17.5. The number of nitrogens with zero attached hydrogens (tertiary/aromatic N) is 3. The van der Waals surface area contributed by atoms with Crippen LogP contribution in [0.3, 0.4) is 0 Å². The van der Waals surface area contributed by atoms with E-state index in [-0.39, 0.29) is 5.41 Å². The third-order valence-electron chi connectivity index (χ3n) is 13.4. The Morgan fingerprint density at radius 3 is 1.59 bits per heavy atom. The molecule has 8 aromatic carbocycles. The monoisotopic (exact) mass is 811 g/mol. The fourth-order valence-corrected chi connectivity index (χ4v) is 10.2. The molecule has 3 heteroatoms. The first-order valence-corrected chi connectivity index (χ1v) is 22.4. The minimum absolute atomic E-state index is 0.0726. The first-order valence-electron chi connectivity index (χ1n) is 22.4. The van der Waals surface area contributed by atoms with Gasteiger partial charge in [-0.2, -0.15) is 0 Å². The summed E-state index contributed by atoms with van der Waals surface area (Å²) in [6.45, 7) is 4.37. The van der Waals surface area contributed by atoms with Crippen molar-refractivity contribution in [3.05, 3.63) is 222 Å². The first-order chi connectivity index (χ1) is 31.0. The molecule has 1 saturated carbocycles. The molecule has 1 aliphatic rings. The van der Waals surface area contributed by atoms with Crippen LogP contribution in [0.25, 0.3) is 83.6 Å². The van der Waals surface area contributed by atoms with E-state index in [0.717, 1.165) is 46.7 Å². The molecule has 0 unspecified atom stereocenters. The van der Waals surface area contributed by atoms with Crippen LogP contribution in [0.2, 0.25) is 0 Å². The van der Waals surface area contributed by atoms with E-state index in [0.29, 0.717) is 0 Å². The Morgan fingerprint density at radius 1 is 0.381 bits per heavy atom. The van der Waals surface area contributed by atoms with Gasteiger partial charge < -0.3 is 4.57 Å². The van der Waals surface area contributed by atoms with Gasteiger partial charge in [0.1, 0.15) is 0 Å². The summed E-state index contributed by atoms with van der Waals surface area (Å²) in [5.41, 5.74) is 18.7. The molecule has 304 valence electrons. The van der Waals surface area contributed by atoms with Crippen molar-refractivity contribution in [2.45, 2.75) is 51.4 Å². The Morgan fingerprint density at radius 2 is 0.921 bits per heavy atom. The molecule has 0 spiro atoms. The summed E-state index contributed by atoms with van der Waals surface area (Å²) < 4.78 is 2.44. The Kier molecular flexibility index (Phi) is 9.89. The molecule has 0 N–H and O–H groups in total. The molecule has 2 heterocycles. The average Bonchev–Trinajstić information content (AvgIpc) is 3.67. The van der Waals surface area contributed by atoms with Gasteiger partial charge in [-0.25, -0.2) is 9.97 Å². The molecule has 0 saturated heterocycles. The first kappa shape index (κ1) is 38.6. The molecule has 0 atom stereocenters. The molecule has 1 aliphatic carbocycles. The summed E-state index contributed by atoms with van der Waals surface area (Å²) in [6, 6.07) is 73.2. The Bertz CT molecular complexity index is 3200. The highest BCUT2D eigenvalue weighted by Crippen LogP contribution is 2.46. The molecule has 1 fully saturated rings. The van der Waals surface area contributed by atoms with Gasteiger partial charge in [0.15, 0.2) is 5.82 Å². The van der Waals surface area contributed by atoms with Crippen LogP contribution in [0.15, 0.2) is 200 Å². The van der Waals surface area contributed by atoms with Gasteiger partial charge in [0.05, 0.1) is 22.4 Å². The maximum Gasteiger partial charge on any atom is 0.160 e. The van der Waals surface area contributed by atoms with Crippen LogP contribution in [0.4, 0.5) is 0 Å². The largest absolute Gasteiger partial charge is 0.309 e. The summed E-state index contributed by atoms with van der Waals surface area (Å²) >= 11 is 0. The standard InChI is InChI=1S/C60H49N3/c1-41-25-31-57-53(35-41)54-36-42(2)26-32-58(54)63(57)52-24-14-21-48(39-52)47-20-13-23-51(38-47)60(33-10-5-11-34-60)50-29-27-44(28-30-50)55-40-56(62-59(61-55)45-17-8-4-9-18-45)49-22-12-19-46(37-49)43-15-6-3-7-16-43/h3-4,6-9,12-32,35-40H,5,10-11,33-34H2,1-2H3. The fourth-order valence-electron chi connectivity index (χ4n) is 10.2. The molecule has 10 aromatic rings. The van der Waals surface area contributed by atoms with Crippen molar-refractivity contribution >= 4 is 21.8 Å². The Balaban J connectivity index is 0.962. The molecule has 2 aromatic heterocycles. The third kappa shape index (κ3) is 7.24. The number of rotatable bonds is 8. The minimum atomic E-state index is -0.0726. The van der Waals surface area contributed by atoms with Crippen LogP contribution < -0.4 is 0 Å². The highest BCUT2D eigenvalue weighted by molar-refractivity contribution is 6.09. The van der Waals surface area contributed by atoms with Crippen LogP contribution in [0.5, 0.6) is 0 Å². The lowest BCUT2D eigenvalue weighted by molar-refractivity contribution is 0.346. The molecule has 11 rings (SSSR count). The van der Waals surface area contributed by atoms with Crippen molar-refractivity contribution in [3.63, 3.8) is 0 Å². The Labute approximate surface area is 370 Å². The quantitative estimate of drug-likeness (QED) is 0.153. The molecule has 0 radical (unpaired) electrons. The van der Waals surface area contributed by atoms with Gasteiger partial charge in [-0.15, -0.1) is 0 Å². The van der Waals surface area contributed by atoms with Crippen LogP contribution in [0, 0.1) is 13.8 Å². The highest BCUT2D eigenvalue weighted by atomic mass is 15.0. The van der Waals surface area contributed by atoms with Crippen molar-refractivity contribution in [2.24, 2.45) is 0 Å². The predicted molar refractivity (Wildman–Crippen MR) is 263 cm³/mol. The summed E-state index contributed by atoms with van der Waals surface area (Å²) in [6.07, 6.45) is 5.96. The van der Waals surface area contributed by atoms with Crippen LogP contribution in [0.1, 0.15) is 54.4 Å². The second-order valence-electron chi connectivity index (χ2n) is 17.5. The van der Waals surface area contributed by atoms with Gasteiger partial charge in [0, 0.05) is 38.6 Å². The third-order valence-corrected chi connectivity index (χ3v) is 13.4. The van der Waals surface area contributed by atoms with Gasteiger partial charge in [-0.05, 0) is 109 Å². The summed E-state index contributed by atoms with van der Waals surface area (Å²) in [4.78, 5) is 10.3.